The molecule has 2 fully saturated rings. The first-order chi connectivity index (χ1) is 9.96. The van der Waals surface area contributed by atoms with Gasteiger partial charge in [-0.3, -0.25) is 0 Å². The Balaban J connectivity index is 1.85. The Morgan fingerprint density at radius 3 is 2.71 bits per heavy atom. The Kier molecular flexibility index (Phi) is 3.69. The zero-order valence-corrected chi connectivity index (χ0v) is 12.9. The second-order valence-electron chi connectivity index (χ2n) is 6.18. The number of nitrogens with one attached hydrogen (secondary N) is 1. The van der Waals surface area contributed by atoms with Crippen molar-refractivity contribution < 1.29 is 17.5 Å². The highest BCUT2D eigenvalue weighted by Crippen LogP contribution is 2.42. The van der Waals surface area contributed by atoms with E-state index in [9.17, 15) is 12.8 Å². The summed E-state index contributed by atoms with van der Waals surface area (Å²) in [7, 11) is -1.47. The molecule has 0 aromatic heterocycles. The Morgan fingerprint density at radius 1 is 1.43 bits per heavy atom. The van der Waals surface area contributed by atoms with Gasteiger partial charge in [0.25, 0.3) is 0 Å². The van der Waals surface area contributed by atoms with Crippen LogP contribution >= 0.6 is 0 Å². The maximum absolute atomic E-state index is 14.3. The smallest absolute Gasteiger partial charge is 0.168 e. The minimum Gasteiger partial charge on any atom is -0.494 e. The summed E-state index contributed by atoms with van der Waals surface area (Å²) in [6.45, 7) is 1.51. The van der Waals surface area contributed by atoms with Crippen molar-refractivity contribution in [1.82, 2.24) is 5.32 Å². The molecule has 4 nitrogen and oxygen atoms in total. The van der Waals surface area contributed by atoms with E-state index in [1.807, 2.05) is 0 Å². The molecule has 0 radical (unpaired) electrons. The predicted octanol–water partition coefficient (Wildman–Crippen LogP) is 1.40. The molecule has 1 aromatic rings. The summed E-state index contributed by atoms with van der Waals surface area (Å²) in [5.74, 6) is 0.538. The highest BCUT2D eigenvalue weighted by Gasteiger charge is 2.48. The predicted molar refractivity (Wildman–Crippen MR) is 78.7 cm³/mol. The fourth-order valence-corrected chi connectivity index (χ4v) is 5.46. The molecule has 0 bridgehead atoms. The first kappa shape index (κ1) is 14.8. The zero-order chi connectivity index (χ0) is 15.1. The molecular weight excluding hydrogens is 293 g/mol. The SMILES string of the molecule is COc1cccc(CC2(C3CCS(=O)(=O)C3)CNC2)c1F. The quantitative estimate of drug-likeness (QED) is 0.913. The first-order valence-electron chi connectivity index (χ1n) is 7.18. The Hall–Kier alpha value is -1.14. The molecule has 1 atom stereocenters. The van der Waals surface area contributed by atoms with Crippen molar-refractivity contribution in [3.63, 3.8) is 0 Å². The molecule has 1 N–H and O–H groups in total. The van der Waals surface area contributed by atoms with Crippen molar-refractivity contribution in [2.24, 2.45) is 11.3 Å². The lowest BCUT2D eigenvalue weighted by Crippen LogP contribution is -2.59. The van der Waals surface area contributed by atoms with Crippen molar-refractivity contribution in [1.29, 1.82) is 0 Å². The van der Waals surface area contributed by atoms with E-state index in [0.29, 0.717) is 18.4 Å². The second kappa shape index (κ2) is 5.25. The monoisotopic (exact) mass is 313 g/mol. The van der Waals surface area contributed by atoms with Gasteiger partial charge >= 0.3 is 0 Å². The van der Waals surface area contributed by atoms with E-state index in [4.69, 9.17) is 4.74 Å². The van der Waals surface area contributed by atoms with Crippen LogP contribution in [0.3, 0.4) is 0 Å². The van der Waals surface area contributed by atoms with E-state index < -0.39 is 9.84 Å². The summed E-state index contributed by atoms with van der Waals surface area (Å²) in [5, 5.41) is 3.23. The van der Waals surface area contributed by atoms with Gasteiger partial charge in [0.2, 0.25) is 0 Å². The molecule has 116 valence electrons. The highest BCUT2D eigenvalue weighted by atomic mass is 32.2. The molecule has 0 amide bonds. The van der Waals surface area contributed by atoms with E-state index in [2.05, 4.69) is 5.32 Å². The molecule has 6 heteroatoms. The fraction of sp³-hybridized carbons (Fsp3) is 0.600. The van der Waals surface area contributed by atoms with Crippen LogP contribution in [0.2, 0.25) is 0 Å². The van der Waals surface area contributed by atoms with Gasteiger partial charge in [0.05, 0.1) is 18.6 Å². The second-order valence-corrected chi connectivity index (χ2v) is 8.40. The standard InChI is InChI=1S/C15H20FNO3S/c1-20-13-4-2-3-11(14(13)16)7-15(9-17-10-15)12-5-6-21(18,19)8-12/h2-4,12,17H,5-10H2,1H3. The number of hydrogen-bond donors (Lipinski definition) is 1. The third kappa shape index (κ3) is 2.66. The molecular formula is C15H20FNO3S. The lowest BCUT2D eigenvalue weighted by Gasteiger charge is -2.47. The molecule has 0 spiro atoms. The molecule has 0 saturated carbocycles. The van der Waals surface area contributed by atoms with Crippen molar-refractivity contribution >= 4 is 9.84 Å². The highest BCUT2D eigenvalue weighted by molar-refractivity contribution is 7.91. The fourth-order valence-electron chi connectivity index (χ4n) is 3.51. The Labute approximate surface area is 124 Å². The minimum absolute atomic E-state index is 0.120. The van der Waals surface area contributed by atoms with Crippen LogP contribution in [-0.4, -0.2) is 40.1 Å². The summed E-state index contributed by atoms with van der Waals surface area (Å²) >= 11 is 0. The van der Waals surface area contributed by atoms with Crippen LogP contribution < -0.4 is 10.1 Å². The van der Waals surface area contributed by atoms with Gasteiger partial charge in [0, 0.05) is 18.5 Å². The molecule has 2 aliphatic heterocycles. The van der Waals surface area contributed by atoms with Gasteiger partial charge in [-0.25, -0.2) is 12.8 Å². The maximum atomic E-state index is 14.3. The molecule has 1 aromatic carbocycles. The number of rotatable bonds is 4. The molecule has 2 heterocycles. The third-order valence-electron chi connectivity index (χ3n) is 4.86. The van der Waals surface area contributed by atoms with Gasteiger partial charge in [-0.15, -0.1) is 0 Å². The summed E-state index contributed by atoms with van der Waals surface area (Å²) < 4.78 is 42.8. The summed E-state index contributed by atoms with van der Waals surface area (Å²) in [4.78, 5) is 0. The van der Waals surface area contributed by atoms with Gasteiger partial charge in [-0.05, 0) is 30.4 Å². The van der Waals surface area contributed by atoms with E-state index in [1.54, 1.807) is 18.2 Å². The summed E-state index contributed by atoms with van der Waals surface area (Å²) in [6, 6.07) is 5.15. The molecule has 1 unspecified atom stereocenters. The zero-order valence-electron chi connectivity index (χ0n) is 12.1. The number of halogens is 1. The molecule has 0 aliphatic carbocycles. The number of hydrogen-bond acceptors (Lipinski definition) is 4. The van der Waals surface area contributed by atoms with Crippen molar-refractivity contribution in [3.05, 3.63) is 29.6 Å². The number of ether oxygens (including phenoxy) is 1. The van der Waals surface area contributed by atoms with Crippen molar-refractivity contribution in [3.8, 4) is 5.75 Å². The molecule has 3 rings (SSSR count). The lowest BCUT2D eigenvalue weighted by atomic mass is 9.66. The van der Waals surface area contributed by atoms with Gasteiger partial charge in [-0.2, -0.15) is 0 Å². The van der Waals surface area contributed by atoms with Crippen LogP contribution in [0.1, 0.15) is 12.0 Å². The first-order valence-corrected chi connectivity index (χ1v) is 9.00. The van der Waals surface area contributed by atoms with Crippen LogP contribution in [-0.2, 0) is 16.3 Å². The third-order valence-corrected chi connectivity index (χ3v) is 6.63. The lowest BCUT2D eigenvalue weighted by molar-refractivity contribution is 0.0911. The number of sulfone groups is 1. The van der Waals surface area contributed by atoms with Crippen molar-refractivity contribution in [2.45, 2.75) is 12.8 Å². The average Bonchev–Trinajstić information content (AvgIpc) is 2.76. The number of methoxy groups -OCH3 is 1. The Bertz CT molecular complexity index is 640. The van der Waals surface area contributed by atoms with Crippen LogP contribution in [0.25, 0.3) is 0 Å². The molecule has 21 heavy (non-hydrogen) atoms. The van der Waals surface area contributed by atoms with Crippen LogP contribution in [0.15, 0.2) is 18.2 Å². The largest absolute Gasteiger partial charge is 0.494 e. The van der Waals surface area contributed by atoms with Gasteiger partial charge in [0.1, 0.15) is 0 Å². The summed E-state index contributed by atoms with van der Waals surface area (Å²) in [6.07, 6.45) is 1.25. The van der Waals surface area contributed by atoms with Crippen LogP contribution in [0, 0.1) is 17.2 Å². The van der Waals surface area contributed by atoms with Crippen molar-refractivity contribution in [2.75, 3.05) is 31.7 Å². The van der Waals surface area contributed by atoms with E-state index in [0.717, 1.165) is 13.1 Å². The van der Waals surface area contributed by atoms with E-state index >= 15 is 0 Å². The number of benzene rings is 1. The van der Waals surface area contributed by atoms with Gasteiger partial charge in [-0.1, -0.05) is 12.1 Å². The molecule has 2 saturated heterocycles. The maximum Gasteiger partial charge on any atom is 0.168 e. The molecule has 2 aliphatic rings. The Morgan fingerprint density at radius 2 is 2.19 bits per heavy atom. The normalized spacial score (nSPS) is 26.3. The van der Waals surface area contributed by atoms with E-state index in [1.165, 1.54) is 7.11 Å². The van der Waals surface area contributed by atoms with Gasteiger partial charge in [0.15, 0.2) is 21.4 Å². The van der Waals surface area contributed by atoms with E-state index in [-0.39, 0.29) is 34.4 Å². The topological polar surface area (TPSA) is 55.4 Å². The van der Waals surface area contributed by atoms with Crippen LogP contribution in [0.4, 0.5) is 4.39 Å². The van der Waals surface area contributed by atoms with Gasteiger partial charge < -0.3 is 10.1 Å². The average molecular weight is 313 g/mol. The van der Waals surface area contributed by atoms with Crippen LogP contribution in [0.5, 0.6) is 5.75 Å². The summed E-state index contributed by atoms with van der Waals surface area (Å²) in [5.41, 5.74) is 0.469. The minimum atomic E-state index is -2.92.